The van der Waals surface area contributed by atoms with Gasteiger partial charge in [0.25, 0.3) is 0 Å². The van der Waals surface area contributed by atoms with Crippen LogP contribution in [0, 0.1) is 13.8 Å². The maximum atomic E-state index is 5.30. The molecule has 0 amide bonds. The maximum absolute atomic E-state index is 5.30. The van der Waals surface area contributed by atoms with E-state index in [0.717, 1.165) is 27.9 Å². The van der Waals surface area contributed by atoms with Gasteiger partial charge in [-0.25, -0.2) is 4.98 Å². The van der Waals surface area contributed by atoms with Crippen LogP contribution in [0.25, 0.3) is 17.0 Å². The molecule has 0 bridgehead atoms. The monoisotopic (exact) mass is 344 g/mol. The van der Waals surface area contributed by atoms with Gasteiger partial charge >= 0.3 is 0 Å². The molecule has 0 saturated carbocycles. The van der Waals surface area contributed by atoms with Crippen molar-refractivity contribution >= 4 is 28.7 Å². The van der Waals surface area contributed by atoms with Gasteiger partial charge in [0.2, 0.25) is 11.7 Å². The summed E-state index contributed by atoms with van der Waals surface area (Å²) in [4.78, 5) is 8.85. The van der Waals surface area contributed by atoms with Gasteiger partial charge in [0.05, 0.1) is 5.75 Å². The molecule has 0 N–H and O–H groups in total. The van der Waals surface area contributed by atoms with Gasteiger partial charge in [-0.05, 0) is 25.3 Å². The molecule has 7 nitrogen and oxygen atoms in total. The SMILES string of the molecule is Cc1cc2nnc(SCc3nc(-c4ccsc4)no3)n2c(C)n1. The summed E-state index contributed by atoms with van der Waals surface area (Å²) in [6, 6.07) is 3.88. The number of hydrogen-bond acceptors (Lipinski definition) is 8. The van der Waals surface area contributed by atoms with E-state index in [1.165, 1.54) is 11.8 Å². The van der Waals surface area contributed by atoms with E-state index in [-0.39, 0.29) is 0 Å². The van der Waals surface area contributed by atoms with Crippen molar-refractivity contribution in [2.75, 3.05) is 0 Å². The first-order valence-corrected chi connectivity index (χ1v) is 8.81. The van der Waals surface area contributed by atoms with Crippen LogP contribution < -0.4 is 0 Å². The van der Waals surface area contributed by atoms with E-state index in [4.69, 9.17) is 4.52 Å². The number of fused-ring (bicyclic) bond motifs is 1. The molecule has 0 aliphatic heterocycles. The Kier molecular flexibility index (Phi) is 3.58. The molecule has 0 radical (unpaired) electrons. The highest BCUT2D eigenvalue weighted by Gasteiger charge is 2.13. The van der Waals surface area contributed by atoms with Gasteiger partial charge in [0.15, 0.2) is 10.8 Å². The van der Waals surface area contributed by atoms with Crippen LogP contribution in [0.15, 0.2) is 32.6 Å². The van der Waals surface area contributed by atoms with Gasteiger partial charge < -0.3 is 4.52 Å². The summed E-state index contributed by atoms with van der Waals surface area (Å²) in [5.74, 6) is 2.56. The average Bonchev–Trinajstić information content (AvgIpc) is 3.25. The zero-order valence-corrected chi connectivity index (χ0v) is 14.1. The summed E-state index contributed by atoms with van der Waals surface area (Å²) in [6.45, 7) is 3.88. The van der Waals surface area contributed by atoms with Gasteiger partial charge in [-0.3, -0.25) is 4.40 Å². The van der Waals surface area contributed by atoms with Crippen LogP contribution in [0.5, 0.6) is 0 Å². The zero-order chi connectivity index (χ0) is 15.8. The average molecular weight is 344 g/mol. The van der Waals surface area contributed by atoms with E-state index in [1.54, 1.807) is 11.3 Å². The number of hydrogen-bond donors (Lipinski definition) is 0. The van der Waals surface area contributed by atoms with Crippen molar-refractivity contribution < 1.29 is 4.52 Å². The minimum Gasteiger partial charge on any atom is -0.338 e. The van der Waals surface area contributed by atoms with E-state index in [2.05, 4.69) is 25.3 Å². The standard InChI is InChI=1S/C14H12N6OS2/c1-8-5-11-17-18-14(20(11)9(2)15-8)23-7-12-16-13(19-21-12)10-3-4-22-6-10/h3-6H,7H2,1-2H3. The fourth-order valence-electron chi connectivity index (χ4n) is 2.25. The lowest BCUT2D eigenvalue weighted by Crippen LogP contribution is -1.98. The Morgan fingerprint density at radius 3 is 3.00 bits per heavy atom. The maximum Gasteiger partial charge on any atom is 0.237 e. The van der Waals surface area contributed by atoms with Crippen LogP contribution in [-0.2, 0) is 5.75 Å². The molecule has 4 heterocycles. The smallest absolute Gasteiger partial charge is 0.237 e. The van der Waals surface area contributed by atoms with Crippen molar-refractivity contribution in [1.29, 1.82) is 0 Å². The molecule has 0 aromatic carbocycles. The quantitative estimate of drug-likeness (QED) is 0.526. The van der Waals surface area contributed by atoms with Crippen molar-refractivity contribution in [1.82, 2.24) is 29.7 Å². The predicted molar refractivity (Wildman–Crippen MR) is 87.4 cm³/mol. The number of thioether (sulfide) groups is 1. The van der Waals surface area contributed by atoms with Crippen molar-refractivity contribution in [2.45, 2.75) is 24.8 Å². The zero-order valence-electron chi connectivity index (χ0n) is 12.4. The molecule has 0 unspecified atom stereocenters. The molecule has 0 fully saturated rings. The fraction of sp³-hybridized carbons (Fsp3) is 0.214. The van der Waals surface area contributed by atoms with Crippen molar-refractivity contribution in [2.24, 2.45) is 0 Å². The first kappa shape index (κ1) is 14.3. The molecule has 116 valence electrons. The third-order valence-electron chi connectivity index (χ3n) is 3.23. The molecule has 4 aromatic heterocycles. The molecule has 9 heteroatoms. The normalized spacial score (nSPS) is 11.4. The van der Waals surface area contributed by atoms with Crippen LogP contribution in [0.2, 0.25) is 0 Å². The summed E-state index contributed by atoms with van der Waals surface area (Å²) >= 11 is 3.10. The summed E-state index contributed by atoms with van der Waals surface area (Å²) in [5.41, 5.74) is 2.69. The van der Waals surface area contributed by atoms with E-state index in [0.29, 0.717) is 17.5 Å². The van der Waals surface area contributed by atoms with Crippen LogP contribution in [0.3, 0.4) is 0 Å². The number of aryl methyl sites for hydroxylation is 2. The van der Waals surface area contributed by atoms with Crippen LogP contribution in [0.4, 0.5) is 0 Å². The Bertz CT molecular complexity index is 959. The van der Waals surface area contributed by atoms with Crippen molar-refractivity contribution in [3.63, 3.8) is 0 Å². The molecule has 0 aliphatic rings. The van der Waals surface area contributed by atoms with E-state index in [1.807, 2.05) is 41.1 Å². The van der Waals surface area contributed by atoms with Crippen LogP contribution in [-0.4, -0.2) is 29.7 Å². The lowest BCUT2D eigenvalue weighted by Gasteiger charge is -2.02. The molecule has 4 rings (SSSR count). The van der Waals surface area contributed by atoms with Crippen molar-refractivity contribution in [3.05, 3.63) is 40.3 Å². The summed E-state index contributed by atoms with van der Waals surface area (Å²) in [5, 5.41) is 17.1. The highest BCUT2D eigenvalue weighted by Crippen LogP contribution is 2.24. The second kappa shape index (κ2) is 5.74. The predicted octanol–water partition coefficient (Wildman–Crippen LogP) is 3.14. The number of nitrogens with zero attached hydrogens (tertiary/aromatic N) is 6. The molecule has 0 saturated heterocycles. The second-order valence-electron chi connectivity index (χ2n) is 4.93. The van der Waals surface area contributed by atoms with Gasteiger partial charge in [-0.2, -0.15) is 16.3 Å². The van der Waals surface area contributed by atoms with Gasteiger partial charge in [0, 0.05) is 22.7 Å². The third-order valence-corrected chi connectivity index (χ3v) is 4.83. The number of aromatic nitrogens is 6. The molecular weight excluding hydrogens is 332 g/mol. The number of rotatable bonds is 4. The largest absolute Gasteiger partial charge is 0.338 e. The second-order valence-corrected chi connectivity index (χ2v) is 6.66. The Balaban J connectivity index is 1.56. The number of thiophene rings is 1. The van der Waals surface area contributed by atoms with E-state index < -0.39 is 0 Å². The van der Waals surface area contributed by atoms with E-state index >= 15 is 0 Å². The lowest BCUT2D eigenvalue weighted by atomic mass is 10.3. The minimum absolute atomic E-state index is 0.533. The molecule has 23 heavy (non-hydrogen) atoms. The van der Waals surface area contributed by atoms with Crippen molar-refractivity contribution in [3.8, 4) is 11.4 Å². The third kappa shape index (κ3) is 2.73. The Morgan fingerprint density at radius 2 is 2.17 bits per heavy atom. The highest BCUT2D eigenvalue weighted by atomic mass is 32.2. The lowest BCUT2D eigenvalue weighted by molar-refractivity contribution is 0.391. The molecule has 0 atom stereocenters. The highest BCUT2D eigenvalue weighted by molar-refractivity contribution is 7.98. The Morgan fingerprint density at radius 1 is 1.26 bits per heavy atom. The van der Waals surface area contributed by atoms with Gasteiger partial charge in [-0.15, -0.1) is 10.2 Å². The summed E-state index contributed by atoms with van der Waals surface area (Å²) in [7, 11) is 0. The molecule has 4 aromatic rings. The summed E-state index contributed by atoms with van der Waals surface area (Å²) < 4.78 is 7.22. The molecule has 0 spiro atoms. The first-order valence-electron chi connectivity index (χ1n) is 6.88. The van der Waals surface area contributed by atoms with Gasteiger partial charge in [0.1, 0.15) is 5.82 Å². The van der Waals surface area contributed by atoms with Crippen LogP contribution in [0.1, 0.15) is 17.4 Å². The summed E-state index contributed by atoms with van der Waals surface area (Å²) in [6.07, 6.45) is 0. The van der Waals surface area contributed by atoms with Crippen LogP contribution >= 0.6 is 23.1 Å². The molecule has 0 aliphatic carbocycles. The van der Waals surface area contributed by atoms with Gasteiger partial charge in [-0.1, -0.05) is 16.9 Å². The molecular formula is C14H12N6OS2. The fourth-order valence-corrected chi connectivity index (χ4v) is 3.70. The minimum atomic E-state index is 0.533. The van der Waals surface area contributed by atoms with E-state index in [9.17, 15) is 0 Å². The first-order chi connectivity index (χ1) is 11.2. The topological polar surface area (TPSA) is 82.0 Å². The Hall–Kier alpha value is -2.26. The Labute approximate surface area is 139 Å².